The number of rotatable bonds is 8. The maximum absolute atomic E-state index is 13.9. The van der Waals surface area contributed by atoms with Crippen LogP contribution in [0.3, 0.4) is 0 Å². The SMILES string of the molecule is CC1(C)OB(c2ccc3ncc(F)n3c2)OC1(C)C.Cc1cccc(-c2ncn(CC(F)F)c2-c2ccc3ncc(F)n3c2)n1.Cc1cccc(-c2ncn(CC(F)F)c2Br)n1. The molecule has 8 aromatic heterocycles. The number of aryl methyl sites for hydroxylation is 2. The zero-order valence-electron chi connectivity index (χ0n) is 34.3. The summed E-state index contributed by atoms with van der Waals surface area (Å²) in [5, 5.41) is 0. The average Bonchev–Trinajstić information content (AvgIpc) is 4.03. The molecule has 0 saturated carbocycles. The Morgan fingerprint density at radius 1 is 0.645 bits per heavy atom. The molecule has 9 rings (SSSR count). The number of aromatic nitrogens is 10. The number of pyridine rings is 4. The third kappa shape index (κ3) is 9.46. The molecule has 8 aromatic rings. The minimum absolute atomic E-state index is 0.376. The largest absolute Gasteiger partial charge is 0.496 e. The van der Waals surface area contributed by atoms with E-state index >= 15 is 0 Å². The van der Waals surface area contributed by atoms with Crippen LogP contribution in [0.2, 0.25) is 0 Å². The Hall–Kier alpha value is -5.86. The van der Waals surface area contributed by atoms with Crippen LogP contribution in [0.25, 0.3) is 45.3 Å². The molecule has 0 aliphatic carbocycles. The van der Waals surface area contributed by atoms with Gasteiger partial charge >= 0.3 is 7.12 Å². The van der Waals surface area contributed by atoms with Crippen molar-refractivity contribution in [2.24, 2.45) is 0 Å². The van der Waals surface area contributed by atoms with Crippen molar-refractivity contribution in [1.82, 2.24) is 47.8 Å². The maximum Gasteiger partial charge on any atom is 0.496 e. The Bertz CT molecular complexity index is 2830. The smallest absolute Gasteiger partial charge is 0.399 e. The third-order valence-electron chi connectivity index (χ3n) is 10.3. The second kappa shape index (κ2) is 17.9. The highest BCUT2D eigenvalue weighted by atomic mass is 79.9. The van der Waals surface area contributed by atoms with E-state index in [-0.39, 0.29) is 6.54 Å². The van der Waals surface area contributed by atoms with Gasteiger partial charge in [-0.25, -0.2) is 37.5 Å². The number of halogens is 7. The summed E-state index contributed by atoms with van der Waals surface area (Å²) in [4.78, 5) is 25.0. The Morgan fingerprint density at radius 2 is 1.15 bits per heavy atom. The summed E-state index contributed by atoms with van der Waals surface area (Å²) in [6.07, 6.45) is 3.29. The van der Waals surface area contributed by atoms with Crippen LogP contribution in [0.1, 0.15) is 39.1 Å². The molecular weight excluding hydrogens is 881 g/mol. The molecule has 0 bridgehead atoms. The first-order valence-electron chi connectivity index (χ1n) is 19.2. The minimum atomic E-state index is -2.55. The molecule has 0 spiro atoms. The molecule has 0 atom stereocenters. The van der Waals surface area contributed by atoms with Gasteiger partial charge < -0.3 is 18.4 Å². The molecule has 1 saturated heterocycles. The first kappa shape index (κ1) is 44.2. The van der Waals surface area contributed by atoms with Crippen molar-refractivity contribution >= 4 is 39.8 Å². The zero-order chi connectivity index (χ0) is 44.5. The topological polar surface area (TPSA) is 114 Å². The maximum atomic E-state index is 13.9. The van der Waals surface area contributed by atoms with E-state index in [4.69, 9.17) is 9.31 Å². The van der Waals surface area contributed by atoms with Crippen LogP contribution >= 0.6 is 15.9 Å². The standard InChI is InChI=1S/C18H14F3N5.C13H16BFN2O2.C11H10BrF2N3/c1-11-3-2-4-13(24-11)17-18(25(10-23-17)9-14(19)20)12-5-6-16-22-7-15(21)26(16)8-12;1-12(2)13(3,4)19-14(18-12)9-5-6-11-16-7-10(15)17(11)8-9;1-7-3-2-4-8(16-7)10-11(12)17(6-15-10)5-9(13)14/h2-8,10,14H,9H2,1H3;5-8H,1-4H3;2-4,6,9H,5H2,1H3. The van der Waals surface area contributed by atoms with Crippen LogP contribution in [0.15, 0.2) is 103 Å². The van der Waals surface area contributed by atoms with Crippen molar-refractivity contribution in [3.63, 3.8) is 0 Å². The Kier molecular flexibility index (Phi) is 12.7. The van der Waals surface area contributed by atoms with Gasteiger partial charge in [-0.05, 0) is 105 Å². The Balaban J connectivity index is 0.000000144. The molecule has 12 nitrogen and oxygen atoms in total. The molecule has 1 fully saturated rings. The lowest BCUT2D eigenvalue weighted by Crippen LogP contribution is -2.41. The molecule has 0 N–H and O–H groups in total. The summed E-state index contributed by atoms with van der Waals surface area (Å²) in [6, 6.07) is 17.9. The number of hydrogen-bond donors (Lipinski definition) is 0. The summed E-state index contributed by atoms with van der Waals surface area (Å²) in [6.45, 7) is 10.8. The first-order chi connectivity index (χ1) is 29.4. The van der Waals surface area contributed by atoms with Gasteiger partial charge in [-0.2, -0.15) is 8.78 Å². The molecule has 0 amide bonds. The highest BCUT2D eigenvalue weighted by Crippen LogP contribution is 2.37. The van der Waals surface area contributed by atoms with Crippen molar-refractivity contribution in [3.05, 3.63) is 126 Å². The van der Waals surface area contributed by atoms with E-state index in [0.29, 0.717) is 49.9 Å². The van der Waals surface area contributed by atoms with Gasteiger partial charge in [0.25, 0.3) is 12.9 Å². The fourth-order valence-electron chi connectivity index (χ4n) is 6.50. The highest BCUT2D eigenvalue weighted by molar-refractivity contribution is 9.10. The first-order valence-corrected chi connectivity index (χ1v) is 20.0. The fraction of sp³-hybridized carbons (Fsp3) is 0.286. The zero-order valence-corrected chi connectivity index (χ0v) is 35.9. The van der Waals surface area contributed by atoms with Gasteiger partial charge in [0.05, 0.1) is 66.4 Å². The van der Waals surface area contributed by atoms with E-state index < -0.39 is 49.6 Å². The second-order valence-corrected chi connectivity index (χ2v) is 16.1. The van der Waals surface area contributed by atoms with E-state index in [2.05, 4.69) is 45.8 Å². The van der Waals surface area contributed by atoms with Crippen molar-refractivity contribution in [1.29, 1.82) is 0 Å². The van der Waals surface area contributed by atoms with Gasteiger partial charge in [-0.15, -0.1) is 0 Å². The molecule has 62 heavy (non-hydrogen) atoms. The van der Waals surface area contributed by atoms with Crippen LogP contribution in [0.4, 0.5) is 26.3 Å². The molecule has 0 radical (unpaired) electrons. The summed E-state index contributed by atoms with van der Waals surface area (Å²) in [5.41, 5.74) is 5.91. The van der Waals surface area contributed by atoms with Gasteiger partial charge in [0.2, 0.25) is 11.9 Å². The van der Waals surface area contributed by atoms with Crippen LogP contribution in [-0.4, -0.2) is 79.0 Å². The Labute approximate surface area is 360 Å². The lowest BCUT2D eigenvalue weighted by atomic mass is 9.80. The second-order valence-electron chi connectivity index (χ2n) is 15.3. The van der Waals surface area contributed by atoms with Crippen LogP contribution in [0, 0.1) is 25.7 Å². The predicted octanol–water partition coefficient (Wildman–Crippen LogP) is 9.03. The van der Waals surface area contributed by atoms with Crippen molar-refractivity contribution < 1.29 is 35.7 Å². The fourth-order valence-corrected chi connectivity index (χ4v) is 7.04. The van der Waals surface area contributed by atoms with Gasteiger partial charge in [0, 0.05) is 29.3 Å². The Morgan fingerprint density at radius 3 is 1.71 bits per heavy atom. The lowest BCUT2D eigenvalue weighted by molar-refractivity contribution is 0.00578. The third-order valence-corrected chi connectivity index (χ3v) is 11.1. The van der Waals surface area contributed by atoms with Crippen LogP contribution in [0.5, 0.6) is 0 Å². The van der Waals surface area contributed by atoms with Crippen molar-refractivity contribution in [2.45, 2.75) is 78.7 Å². The molecule has 0 aromatic carbocycles. The molecule has 0 unspecified atom stereocenters. The summed E-state index contributed by atoms with van der Waals surface area (Å²) in [5.74, 6) is -0.926. The number of imidazole rings is 4. The van der Waals surface area contributed by atoms with Gasteiger partial charge in [-0.1, -0.05) is 18.2 Å². The predicted molar refractivity (Wildman–Crippen MR) is 225 cm³/mol. The number of hydrogen-bond acceptors (Lipinski definition) is 8. The van der Waals surface area contributed by atoms with E-state index in [9.17, 15) is 26.3 Å². The van der Waals surface area contributed by atoms with Crippen molar-refractivity contribution in [3.8, 4) is 34.0 Å². The van der Waals surface area contributed by atoms with E-state index in [0.717, 1.165) is 23.0 Å². The summed E-state index contributed by atoms with van der Waals surface area (Å²) >= 11 is 3.27. The van der Waals surface area contributed by atoms with Gasteiger partial charge in [0.1, 0.15) is 27.3 Å². The van der Waals surface area contributed by atoms with Gasteiger partial charge in [-0.3, -0.25) is 18.8 Å². The molecule has 20 heteroatoms. The summed E-state index contributed by atoms with van der Waals surface area (Å²) < 4.78 is 95.8. The molecular formula is C42H40BBrF6N10O2. The normalized spacial score (nSPS) is 14.4. The van der Waals surface area contributed by atoms with Gasteiger partial charge in [0.15, 0.2) is 0 Å². The number of nitrogens with zero attached hydrogens (tertiary/aromatic N) is 10. The highest BCUT2D eigenvalue weighted by Gasteiger charge is 2.51. The van der Waals surface area contributed by atoms with E-state index in [1.54, 1.807) is 36.5 Å². The minimum Gasteiger partial charge on any atom is -0.399 e. The average molecular weight is 922 g/mol. The monoisotopic (exact) mass is 920 g/mol. The molecule has 322 valence electrons. The van der Waals surface area contributed by atoms with Crippen molar-refractivity contribution in [2.75, 3.05) is 0 Å². The van der Waals surface area contributed by atoms with Crippen LogP contribution < -0.4 is 5.46 Å². The lowest BCUT2D eigenvalue weighted by Gasteiger charge is -2.32. The van der Waals surface area contributed by atoms with E-state index in [1.165, 1.54) is 43.0 Å². The molecule has 1 aliphatic heterocycles. The molecule has 9 heterocycles. The number of fused-ring (bicyclic) bond motifs is 2. The van der Waals surface area contributed by atoms with Crippen LogP contribution in [-0.2, 0) is 22.4 Å². The van der Waals surface area contributed by atoms with E-state index in [1.807, 2.05) is 71.9 Å². The number of alkyl halides is 4. The summed E-state index contributed by atoms with van der Waals surface area (Å²) in [7, 11) is -0.490. The quantitative estimate of drug-likeness (QED) is 0.110. The molecule has 1 aliphatic rings.